The van der Waals surface area contributed by atoms with Crippen LogP contribution in [0.5, 0.6) is 0 Å². The van der Waals surface area contributed by atoms with E-state index >= 15 is 0 Å². The number of nitrogens with one attached hydrogen (secondary N) is 1. The summed E-state index contributed by atoms with van der Waals surface area (Å²) in [5, 5.41) is 11.6. The molecule has 0 aliphatic heterocycles. The third-order valence-electron chi connectivity index (χ3n) is 2.97. The lowest BCUT2D eigenvalue weighted by Gasteiger charge is -2.00. The second kappa shape index (κ2) is 15.5. The number of unbranched alkanes of at least 4 members (excludes halogenated alkanes) is 9. The summed E-state index contributed by atoms with van der Waals surface area (Å²) in [5.41, 5.74) is 0. The minimum Gasteiger partial charge on any atom is -0.395 e. The Morgan fingerprint density at radius 2 is 1.47 bits per heavy atom. The fourth-order valence-electron chi connectivity index (χ4n) is 1.89. The van der Waals surface area contributed by atoms with Gasteiger partial charge in [0.1, 0.15) is 0 Å². The SMILES string of the molecule is CCCCCCCCCCCC=CNCCO. The molecule has 0 aliphatic rings. The zero-order valence-corrected chi connectivity index (χ0v) is 11.6. The highest BCUT2D eigenvalue weighted by molar-refractivity contribution is 4.78. The molecule has 0 saturated carbocycles. The van der Waals surface area contributed by atoms with E-state index in [0.717, 1.165) is 6.42 Å². The number of hydrogen-bond acceptors (Lipinski definition) is 2. The highest BCUT2D eigenvalue weighted by Crippen LogP contribution is 2.10. The second-order valence-electron chi connectivity index (χ2n) is 4.70. The van der Waals surface area contributed by atoms with E-state index in [2.05, 4.69) is 18.3 Å². The highest BCUT2D eigenvalue weighted by Gasteiger charge is 1.90. The summed E-state index contributed by atoms with van der Waals surface area (Å²) < 4.78 is 0. The molecule has 0 aromatic carbocycles. The molecule has 2 N–H and O–H groups in total. The molecule has 102 valence electrons. The van der Waals surface area contributed by atoms with Gasteiger partial charge >= 0.3 is 0 Å². The Morgan fingerprint density at radius 3 is 2.06 bits per heavy atom. The van der Waals surface area contributed by atoms with Crippen LogP contribution in [0, 0.1) is 0 Å². The standard InChI is InChI=1S/C15H31NO/c1-2-3-4-5-6-7-8-9-10-11-12-13-16-14-15-17/h12-13,16-17H,2-11,14-15H2,1H3. The fraction of sp³-hybridized carbons (Fsp3) is 0.867. The molecule has 2 nitrogen and oxygen atoms in total. The van der Waals surface area contributed by atoms with Crippen LogP contribution in [0.3, 0.4) is 0 Å². The summed E-state index contributed by atoms with van der Waals surface area (Å²) in [5.74, 6) is 0. The van der Waals surface area contributed by atoms with Crippen molar-refractivity contribution in [1.82, 2.24) is 5.32 Å². The van der Waals surface area contributed by atoms with Crippen molar-refractivity contribution in [2.24, 2.45) is 0 Å². The lowest BCUT2D eigenvalue weighted by atomic mass is 10.1. The van der Waals surface area contributed by atoms with E-state index in [4.69, 9.17) is 5.11 Å². The molecule has 17 heavy (non-hydrogen) atoms. The Morgan fingerprint density at radius 1 is 0.882 bits per heavy atom. The Kier molecular flexibility index (Phi) is 15.0. The lowest BCUT2D eigenvalue weighted by molar-refractivity contribution is 0.298. The van der Waals surface area contributed by atoms with E-state index in [1.807, 2.05) is 6.20 Å². The predicted octanol–water partition coefficient (Wildman–Crippen LogP) is 4.00. The normalized spacial score (nSPS) is 11.2. The molecular weight excluding hydrogens is 210 g/mol. The van der Waals surface area contributed by atoms with Crippen molar-refractivity contribution in [2.45, 2.75) is 71.1 Å². The number of allylic oxidation sites excluding steroid dienone is 1. The first-order valence-corrected chi connectivity index (χ1v) is 7.41. The van der Waals surface area contributed by atoms with Crippen molar-refractivity contribution in [3.8, 4) is 0 Å². The van der Waals surface area contributed by atoms with Gasteiger partial charge in [0.15, 0.2) is 0 Å². The van der Waals surface area contributed by atoms with Gasteiger partial charge in [0.05, 0.1) is 6.61 Å². The average molecular weight is 241 g/mol. The van der Waals surface area contributed by atoms with Crippen LogP contribution in [-0.4, -0.2) is 18.3 Å². The van der Waals surface area contributed by atoms with Crippen LogP contribution >= 0.6 is 0 Å². The third-order valence-corrected chi connectivity index (χ3v) is 2.97. The maximum absolute atomic E-state index is 8.55. The molecule has 0 radical (unpaired) electrons. The average Bonchev–Trinajstić information content (AvgIpc) is 2.35. The summed E-state index contributed by atoms with van der Waals surface area (Å²) in [4.78, 5) is 0. The first kappa shape index (κ1) is 16.5. The quantitative estimate of drug-likeness (QED) is 0.478. The molecule has 0 heterocycles. The van der Waals surface area contributed by atoms with Crippen LogP contribution in [0.25, 0.3) is 0 Å². The second-order valence-corrected chi connectivity index (χ2v) is 4.70. The largest absolute Gasteiger partial charge is 0.395 e. The van der Waals surface area contributed by atoms with Crippen LogP contribution in [0.2, 0.25) is 0 Å². The van der Waals surface area contributed by atoms with Crippen molar-refractivity contribution in [2.75, 3.05) is 13.2 Å². The van der Waals surface area contributed by atoms with Crippen molar-refractivity contribution in [3.63, 3.8) is 0 Å². The summed E-state index contributed by atoms with van der Waals surface area (Å²) in [6.07, 6.45) is 17.8. The van der Waals surface area contributed by atoms with Gasteiger partial charge in [-0.1, -0.05) is 64.4 Å². The molecule has 2 heteroatoms. The lowest BCUT2D eigenvalue weighted by Crippen LogP contribution is -2.10. The van der Waals surface area contributed by atoms with Crippen LogP contribution in [0.4, 0.5) is 0 Å². The summed E-state index contributed by atoms with van der Waals surface area (Å²) >= 11 is 0. The zero-order valence-electron chi connectivity index (χ0n) is 11.6. The third kappa shape index (κ3) is 15.5. The Hall–Kier alpha value is -0.500. The maximum atomic E-state index is 8.55. The van der Waals surface area contributed by atoms with E-state index in [0.29, 0.717) is 6.54 Å². The highest BCUT2D eigenvalue weighted by atomic mass is 16.3. The van der Waals surface area contributed by atoms with E-state index in [9.17, 15) is 0 Å². The van der Waals surface area contributed by atoms with Gasteiger partial charge in [-0.2, -0.15) is 0 Å². The number of hydrogen-bond donors (Lipinski definition) is 2. The Balaban J connectivity index is 2.96. The summed E-state index contributed by atoms with van der Waals surface area (Å²) in [7, 11) is 0. The zero-order chi connectivity index (χ0) is 12.6. The van der Waals surface area contributed by atoms with Crippen LogP contribution in [-0.2, 0) is 0 Å². The van der Waals surface area contributed by atoms with Crippen LogP contribution < -0.4 is 5.32 Å². The van der Waals surface area contributed by atoms with Crippen molar-refractivity contribution in [3.05, 3.63) is 12.3 Å². The van der Waals surface area contributed by atoms with Gasteiger partial charge in [0, 0.05) is 6.54 Å². The van der Waals surface area contributed by atoms with E-state index in [1.165, 1.54) is 57.8 Å². The van der Waals surface area contributed by atoms with Gasteiger partial charge in [-0.05, 0) is 19.0 Å². The molecule has 0 fully saturated rings. The smallest absolute Gasteiger partial charge is 0.0603 e. The monoisotopic (exact) mass is 241 g/mol. The molecule has 0 aromatic heterocycles. The number of aliphatic hydroxyl groups excluding tert-OH is 1. The first-order valence-electron chi connectivity index (χ1n) is 7.41. The van der Waals surface area contributed by atoms with Gasteiger partial charge in [0.2, 0.25) is 0 Å². The maximum Gasteiger partial charge on any atom is 0.0603 e. The topological polar surface area (TPSA) is 32.3 Å². The predicted molar refractivity (Wildman–Crippen MR) is 76.1 cm³/mol. The molecule has 0 spiro atoms. The molecular formula is C15H31NO. The van der Waals surface area contributed by atoms with Crippen LogP contribution in [0.15, 0.2) is 12.3 Å². The van der Waals surface area contributed by atoms with Gasteiger partial charge in [0.25, 0.3) is 0 Å². The van der Waals surface area contributed by atoms with Crippen molar-refractivity contribution >= 4 is 0 Å². The molecule has 0 aliphatic carbocycles. The van der Waals surface area contributed by atoms with E-state index in [1.54, 1.807) is 0 Å². The summed E-state index contributed by atoms with van der Waals surface area (Å²) in [6, 6.07) is 0. The van der Waals surface area contributed by atoms with Gasteiger partial charge in [-0.15, -0.1) is 0 Å². The number of rotatable bonds is 13. The number of aliphatic hydroxyl groups is 1. The molecule has 0 amide bonds. The first-order chi connectivity index (χ1) is 8.41. The van der Waals surface area contributed by atoms with Crippen LogP contribution in [0.1, 0.15) is 71.1 Å². The van der Waals surface area contributed by atoms with Crippen molar-refractivity contribution in [1.29, 1.82) is 0 Å². The Labute approximate surface area is 108 Å². The molecule has 0 unspecified atom stereocenters. The van der Waals surface area contributed by atoms with Gasteiger partial charge < -0.3 is 10.4 Å². The minimum atomic E-state index is 0.211. The molecule has 0 atom stereocenters. The minimum absolute atomic E-state index is 0.211. The van der Waals surface area contributed by atoms with E-state index < -0.39 is 0 Å². The van der Waals surface area contributed by atoms with Crippen molar-refractivity contribution < 1.29 is 5.11 Å². The molecule has 0 bridgehead atoms. The molecule has 0 rings (SSSR count). The van der Waals surface area contributed by atoms with Gasteiger partial charge in [-0.3, -0.25) is 0 Å². The Bertz CT molecular complexity index is 157. The fourth-order valence-corrected chi connectivity index (χ4v) is 1.89. The summed E-state index contributed by atoms with van der Waals surface area (Å²) in [6.45, 7) is 3.14. The van der Waals surface area contributed by atoms with Gasteiger partial charge in [-0.25, -0.2) is 0 Å². The van der Waals surface area contributed by atoms with E-state index in [-0.39, 0.29) is 6.61 Å². The molecule has 0 saturated heterocycles. The molecule has 0 aromatic rings.